The third kappa shape index (κ3) is 4.09. The summed E-state index contributed by atoms with van der Waals surface area (Å²) in [5, 5.41) is 0. The molecule has 3 heteroatoms. The Labute approximate surface area is 110 Å². The number of allylic oxidation sites excluding steroid dienone is 1. The largest absolute Gasteiger partial charge is 0.375 e. The van der Waals surface area contributed by atoms with E-state index in [1.165, 1.54) is 5.57 Å². The van der Waals surface area contributed by atoms with Gasteiger partial charge in [0.25, 0.3) is 0 Å². The Hall–Kier alpha value is -0.900. The molecule has 2 unspecified atom stereocenters. The Balaban J connectivity index is 0.000000771. The van der Waals surface area contributed by atoms with Gasteiger partial charge in [-0.15, -0.1) is 19.7 Å². The van der Waals surface area contributed by atoms with Crippen molar-refractivity contribution in [2.75, 3.05) is 19.8 Å². The van der Waals surface area contributed by atoms with Crippen molar-refractivity contribution < 1.29 is 14.2 Å². The van der Waals surface area contributed by atoms with Crippen LogP contribution in [-0.4, -0.2) is 31.7 Å². The van der Waals surface area contributed by atoms with Crippen LogP contribution >= 0.6 is 0 Å². The van der Waals surface area contributed by atoms with Crippen LogP contribution in [0.5, 0.6) is 0 Å². The van der Waals surface area contributed by atoms with Crippen molar-refractivity contribution >= 4 is 0 Å². The van der Waals surface area contributed by atoms with Gasteiger partial charge in [-0.1, -0.05) is 17.7 Å². The Morgan fingerprint density at radius 1 is 1.56 bits per heavy atom. The first kappa shape index (κ1) is 15.2. The van der Waals surface area contributed by atoms with Gasteiger partial charge in [0.2, 0.25) is 0 Å². The molecule has 1 saturated heterocycles. The maximum atomic E-state index is 5.98. The Morgan fingerprint density at radius 3 is 3.00 bits per heavy atom. The molecule has 2 aliphatic rings. The van der Waals surface area contributed by atoms with Crippen LogP contribution < -0.4 is 0 Å². The van der Waals surface area contributed by atoms with E-state index in [4.69, 9.17) is 14.2 Å². The molecule has 1 fully saturated rings. The van der Waals surface area contributed by atoms with Gasteiger partial charge in [-0.2, -0.15) is 0 Å². The standard InChI is InChI=1S/C13H20O3.C2H4/c1-3-7-14-9-12-10-15-13(16-12)6-4-5-11(2)8-13;1-2/h3,5,12H,1,4,6-10H2,2H3;1-2H2. The molecule has 0 aromatic carbocycles. The zero-order chi connectivity index (χ0) is 13.4. The first-order valence-electron chi connectivity index (χ1n) is 6.40. The van der Waals surface area contributed by atoms with Gasteiger partial charge in [0.15, 0.2) is 5.79 Å². The molecular weight excluding hydrogens is 228 g/mol. The molecule has 18 heavy (non-hydrogen) atoms. The second-order valence-electron chi connectivity index (χ2n) is 4.55. The van der Waals surface area contributed by atoms with Crippen molar-refractivity contribution in [3.05, 3.63) is 37.5 Å². The van der Waals surface area contributed by atoms with E-state index in [0.29, 0.717) is 19.8 Å². The zero-order valence-corrected chi connectivity index (χ0v) is 11.3. The molecule has 0 bridgehead atoms. The molecule has 0 aromatic rings. The third-order valence-corrected chi connectivity index (χ3v) is 3.02. The molecule has 2 atom stereocenters. The van der Waals surface area contributed by atoms with Crippen LogP contribution in [0.15, 0.2) is 37.5 Å². The van der Waals surface area contributed by atoms with E-state index in [-0.39, 0.29) is 11.9 Å². The number of ether oxygens (including phenoxy) is 3. The minimum atomic E-state index is -0.360. The summed E-state index contributed by atoms with van der Waals surface area (Å²) < 4.78 is 17.2. The lowest BCUT2D eigenvalue weighted by Gasteiger charge is -2.31. The lowest BCUT2D eigenvalue weighted by Crippen LogP contribution is -2.33. The van der Waals surface area contributed by atoms with E-state index in [1.807, 2.05) is 0 Å². The number of hydrogen-bond donors (Lipinski definition) is 0. The highest BCUT2D eigenvalue weighted by molar-refractivity contribution is 5.07. The highest BCUT2D eigenvalue weighted by atomic mass is 16.7. The molecule has 3 nitrogen and oxygen atoms in total. The summed E-state index contributed by atoms with van der Waals surface area (Å²) in [6.45, 7) is 13.6. The van der Waals surface area contributed by atoms with Crippen LogP contribution in [0.1, 0.15) is 26.2 Å². The van der Waals surface area contributed by atoms with Gasteiger partial charge in [0.05, 0.1) is 19.8 Å². The summed E-state index contributed by atoms with van der Waals surface area (Å²) >= 11 is 0. The molecular formula is C15H24O3. The maximum Gasteiger partial charge on any atom is 0.172 e. The topological polar surface area (TPSA) is 27.7 Å². The highest BCUT2D eigenvalue weighted by Gasteiger charge is 2.42. The van der Waals surface area contributed by atoms with Crippen LogP contribution in [0.2, 0.25) is 0 Å². The summed E-state index contributed by atoms with van der Waals surface area (Å²) in [4.78, 5) is 0. The first-order valence-corrected chi connectivity index (χ1v) is 6.40. The Morgan fingerprint density at radius 2 is 2.33 bits per heavy atom. The van der Waals surface area contributed by atoms with E-state index >= 15 is 0 Å². The van der Waals surface area contributed by atoms with E-state index in [2.05, 4.69) is 32.7 Å². The van der Waals surface area contributed by atoms with E-state index in [9.17, 15) is 0 Å². The van der Waals surface area contributed by atoms with E-state index < -0.39 is 0 Å². The second-order valence-corrected chi connectivity index (χ2v) is 4.55. The summed E-state index contributed by atoms with van der Waals surface area (Å²) in [7, 11) is 0. The van der Waals surface area contributed by atoms with Crippen LogP contribution in [0.4, 0.5) is 0 Å². The van der Waals surface area contributed by atoms with Crippen LogP contribution in [0.25, 0.3) is 0 Å². The van der Waals surface area contributed by atoms with Crippen molar-refractivity contribution in [1.29, 1.82) is 0 Å². The number of hydrogen-bond acceptors (Lipinski definition) is 3. The normalized spacial score (nSPS) is 30.5. The van der Waals surface area contributed by atoms with Gasteiger partial charge in [0, 0.05) is 12.8 Å². The lowest BCUT2D eigenvalue weighted by molar-refractivity contribution is -0.178. The van der Waals surface area contributed by atoms with Gasteiger partial charge in [-0.25, -0.2) is 0 Å². The predicted molar refractivity (Wildman–Crippen MR) is 73.4 cm³/mol. The average Bonchev–Trinajstić information content (AvgIpc) is 2.75. The van der Waals surface area contributed by atoms with Crippen molar-refractivity contribution in [1.82, 2.24) is 0 Å². The zero-order valence-electron chi connectivity index (χ0n) is 11.3. The fourth-order valence-corrected chi connectivity index (χ4v) is 2.33. The first-order chi connectivity index (χ1) is 8.74. The molecule has 0 N–H and O–H groups in total. The summed E-state index contributed by atoms with van der Waals surface area (Å²) in [6.07, 6.45) is 6.99. The van der Waals surface area contributed by atoms with Crippen LogP contribution in [0, 0.1) is 0 Å². The Kier molecular flexibility index (Phi) is 6.33. The third-order valence-electron chi connectivity index (χ3n) is 3.02. The molecule has 102 valence electrons. The van der Waals surface area contributed by atoms with Gasteiger partial charge in [-0.05, 0) is 13.3 Å². The number of rotatable bonds is 4. The SMILES string of the molecule is C=C.C=CCOCC1COC2(CCC=C(C)C2)O1. The maximum absolute atomic E-state index is 5.98. The monoisotopic (exact) mass is 252 g/mol. The quantitative estimate of drug-likeness (QED) is 0.568. The minimum absolute atomic E-state index is 0.0749. The smallest absolute Gasteiger partial charge is 0.172 e. The molecule has 1 aliphatic carbocycles. The van der Waals surface area contributed by atoms with E-state index in [1.54, 1.807) is 6.08 Å². The van der Waals surface area contributed by atoms with Crippen LogP contribution in [0.3, 0.4) is 0 Å². The van der Waals surface area contributed by atoms with Crippen LogP contribution in [-0.2, 0) is 14.2 Å². The average molecular weight is 252 g/mol. The molecule has 1 spiro atoms. The summed E-state index contributed by atoms with van der Waals surface area (Å²) in [5.41, 5.74) is 1.36. The fraction of sp³-hybridized carbons (Fsp3) is 0.600. The molecule has 0 aromatic heterocycles. The van der Waals surface area contributed by atoms with Crippen molar-refractivity contribution in [2.24, 2.45) is 0 Å². The Bertz CT molecular complexity index is 298. The van der Waals surface area contributed by atoms with Crippen molar-refractivity contribution in [3.8, 4) is 0 Å². The second kappa shape index (κ2) is 7.52. The molecule has 0 saturated carbocycles. The fourth-order valence-electron chi connectivity index (χ4n) is 2.33. The predicted octanol–water partition coefficient (Wildman–Crippen LogP) is 3.23. The van der Waals surface area contributed by atoms with Crippen molar-refractivity contribution in [2.45, 2.75) is 38.1 Å². The van der Waals surface area contributed by atoms with Crippen molar-refractivity contribution in [3.63, 3.8) is 0 Å². The minimum Gasteiger partial charge on any atom is -0.375 e. The van der Waals surface area contributed by atoms with Gasteiger partial charge < -0.3 is 14.2 Å². The molecule has 1 aliphatic heterocycles. The molecule has 1 heterocycles. The van der Waals surface area contributed by atoms with Gasteiger partial charge >= 0.3 is 0 Å². The molecule has 0 radical (unpaired) electrons. The molecule has 0 amide bonds. The molecule has 2 rings (SSSR count). The van der Waals surface area contributed by atoms with E-state index in [0.717, 1.165) is 19.3 Å². The van der Waals surface area contributed by atoms with Gasteiger partial charge in [0.1, 0.15) is 6.10 Å². The van der Waals surface area contributed by atoms with Gasteiger partial charge in [-0.3, -0.25) is 0 Å². The highest BCUT2D eigenvalue weighted by Crippen LogP contribution is 2.37. The lowest BCUT2D eigenvalue weighted by atomic mass is 9.94. The summed E-state index contributed by atoms with van der Waals surface area (Å²) in [6, 6.07) is 0. The summed E-state index contributed by atoms with van der Waals surface area (Å²) in [5.74, 6) is -0.360.